The number of aromatic nitrogens is 2. The maximum absolute atomic E-state index is 10.6. The molecule has 0 aromatic carbocycles. The number of fused-ring (bicyclic) bond motifs is 1. The molecule has 0 radical (unpaired) electrons. The van der Waals surface area contributed by atoms with Gasteiger partial charge in [0.25, 0.3) is 0 Å². The summed E-state index contributed by atoms with van der Waals surface area (Å²) in [7, 11) is 0. The second kappa shape index (κ2) is 3.05. The van der Waals surface area contributed by atoms with Gasteiger partial charge in [-0.15, -0.1) is 0 Å². The summed E-state index contributed by atoms with van der Waals surface area (Å²) in [5.41, 5.74) is 0.319. The Labute approximate surface area is 82.7 Å². The van der Waals surface area contributed by atoms with Crippen LogP contribution in [-0.2, 0) is 0 Å². The molecule has 0 amide bonds. The maximum Gasteiger partial charge on any atom is 0.389 e. The number of imidazole rings is 1. The van der Waals surface area contributed by atoms with Crippen molar-refractivity contribution in [2.45, 2.75) is 0 Å². The summed E-state index contributed by atoms with van der Waals surface area (Å²) in [5.74, 6) is -1.37. The minimum Gasteiger partial charge on any atom is -0.478 e. The van der Waals surface area contributed by atoms with E-state index in [1.54, 1.807) is 0 Å². The minimum atomic E-state index is -1.09. The van der Waals surface area contributed by atoms with Crippen LogP contribution in [0.3, 0.4) is 0 Å². The van der Waals surface area contributed by atoms with Gasteiger partial charge >= 0.3 is 11.8 Å². The van der Waals surface area contributed by atoms with Crippen LogP contribution in [0.2, 0.25) is 0 Å². The molecule has 15 heavy (non-hydrogen) atoms. The predicted molar refractivity (Wildman–Crippen MR) is 48.8 cm³/mol. The molecule has 0 aliphatic heterocycles. The van der Waals surface area contributed by atoms with Crippen LogP contribution >= 0.6 is 0 Å². The van der Waals surface area contributed by atoms with Gasteiger partial charge in [-0.05, 0) is 22.0 Å². The zero-order valence-electron chi connectivity index (χ0n) is 7.32. The molecular weight excluding hydrogens is 202 g/mol. The van der Waals surface area contributed by atoms with Gasteiger partial charge in [0.1, 0.15) is 5.52 Å². The van der Waals surface area contributed by atoms with E-state index in [-0.39, 0.29) is 16.9 Å². The number of nitro groups is 1. The molecule has 0 atom stereocenters. The molecule has 2 aromatic heterocycles. The Kier molecular flexibility index (Phi) is 1.86. The molecule has 0 fully saturated rings. The zero-order chi connectivity index (χ0) is 11.0. The van der Waals surface area contributed by atoms with Crippen molar-refractivity contribution in [2.24, 2.45) is 0 Å². The van der Waals surface area contributed by atoms with Crippen LogP contribution in [0, 0.1) is 10.1 Å². The van der Waals surface area contributed by atoms with Crippen LogP contribution in [-0.4, -0.2) is 25.4 Å². The molecule has 0 aliphatic carbocycles. The van der Waals surface area contributed by atoms with E-state index in [1.807, 2.05) is 0 Å². The second-order valence-electron chi connectivity index (χ2n) is 2.84. The molecule has 0 unspecified atom stereocenters. The van der Waals surface area contributed by atoms with E-state index >= 15 is 0 Å². The second-order valence-corrected chi connectivity index (χ2v) is 2.84. The van der Waals surface area contributed by atoms with Crippen LogP contribution in [0.15, 0.2) is 24.7 Å². The van der Waals surface area contributed by atoms with Gasteiger partial charge in [-0.1, -0.05) is 0 Å². The molecule has 76 valence electrons. The van der Waals surface area contributed by atoms with E-state index in [9.17, 15) is 14.9 Å². The van der Waals surface area contributed by atoms with E-state index < -0.39 is 10.9 Å². The number of aromatic carboxylic acids is 1. The summed E-state index contributed by atoms with van der Waals surface area (Å²) in [6, 6.07) is 2.65. The van der Waals surface area contributed by atoms with E-state index in [1.165, 1.54) is 29.1 Å². The molecule has 7 heteroatoms. The number of carboxylic acid groups (broad SMARTS) is 1. The molecule has 1 N–H and O–H groups in total. The number of hydrogen-bond acceptors (Lipinski definition) is 4. The van der Waals surface area contributed by atoms with Crippen LogP contribution in [0.1, 0.15) is 10.4 Å². The van der Waals surface area contributed by atoms with Crippen molar-refractivity contribution in [1.29, 1.82) is 0 Å². The normalized spacial score (nSPS) is 10.4. The first kappa shape index (κ1) is 9.13. The van der Waals surface area contributed by atoms with Gasteiger partial charge in [0.2, 0.25) is 6.33 Å². The summed E-state index contributed by atoms with van der Waals surface area (Å²) in [6.45, 7) is 0. The number of pyridine rings is 1. The highest BCUT2D eigenvalue weighted by Gasteiger charge is 2.16. The first-order valence-corrected chi connectivity index (χ1v) is 3.94. The smallest absolute Gasteiger partial charge is 0.389 e. The fourth-order valence-corrected chi connectivity index (χ4v) is 1.25. The van der Waals surface area contributed by atoms with Crippen LogP contribution in [0.5, 0.6) is 0 Å². The highest BCUT2D eigenvalue weighted by molar-refractivity contribution is 5.88. The first-order chi connectivity index (χ1) is 7.09. The Morgan fingerprint density at radius 2 is 2.27 bits per heavy atom. The van der Waals surface area contributed by atoms with Crippen LogP contribution in [0.4, 0.5) is 5.82 Å². The molecule has 0 bridgehead atoms. The monoisotopic (exact) mass is 207 g/mol. The summed E-state index contributed by atoms with van der Waals surface area (Å²) >= 11 is 0. The lowest BCUT2D eigenvalue weighted by molar-refractivity contribution is -0.387. The average molecular weight is 207 g/mol. The highest BCUT2D eigenvalue weighted by Crippen LogP contribution is 2.17. The van der Waals surface area contributed by atoms with Gasteiger partial charge in [-0.2, -0.15) is 0 Å². The number of rotatable bonds is 2. The summed E-state index contributed by atoms with van der Waals surface area (Å²) < 4.78 is 1.31. The Balaban J connectivity index is 2.66. The number of nitrogens with zero attached hydrogens (tertiary/aromatic N) is 3. The third-order valence-corrected chi connectivity index (χ3v) is 1.93. The average Bonchev–Trinajstić information content (AvgIpc) is 2.59. The van der Waals surface area contributed by atoms with Crippen molar-refractivity contribution in [3.8, 4) is 0 Å². The number of carboxylic acids is 1. The molecule has 2 aromatic rings. The van der Waals surface area contributed by atoms with Crippen LogP contribution in [0.25, 0.3) is 5.52 Å². The van der Waals surface area contributed by atoms with Gasteiger partial charge in [-0.25, -0.2) is 4.79 Å². The Bertz CT molecular complexity index is 560. The predicted octanol–water partition coefficient (Wildman–Crippen LogP) is 0.941. The Hall–Kier alpha value is -2.44. The fourth-order valence-electron chi connectivity index (χ4n) is 1.25. The fraction of sp³-hybridized carbons (Fsp3) is 0. The Morgan fingerprint density at radius 3 is 2.87 bits per heavy atom. The zero-order valence-corrected chi connectivity index (χ0v) is 7.32. The van der Waals surface area contributed by atoms with Crippen molar-refractivity contribution < 1.29 is 14.8 Å². The summed E-state index contributed by atoms with van der Waals surface area (Å²) in [4.78, 5) is 24.1. The number of carbonyl (C=O) groups is 1. The molecule has 0 saturated carbocycles. The standard InChI is InChI=1S/C8H5N3O4/c12-8(13)5-1-2-6-7(11(14)15)9-4-10(6)3-5/h1-4H,(H,12,13). The van der Waals surface area contributed by atoms with Gasteiger partial charge in [-0.3, -0.25) is 4.40 Å². The third kappa shape index (κ3) is 1.39. The lowest BCUT2D eigenvalue weighted by Gasteiger charge is -1.95. The van der Waals surface area contributed by atoms with Crippen LogP contribution < -0.4 is 0 Å². The largest absolute Gasteiger partial charge is 0.478 e. The molecule has 0 aliphatic rings. The van der Waals surface area contributed by atoms with Crippen molar-refractivity contribution in [1.82, 2.24) is 9.38 Å². The van der Waals surface area contributed by atoms with Crippen molar-refractivity contribution in [3.05, 3.63) is 40.3 Å². The van der Waals surface area contributed by atoms with Crippen molar-refractivity contribution >= 4 is 17.3 Å². The van der Waals surface area contributed by atoms with Gasteiger partial charge < -0.3 is 15.2 Å². The summed E-state index contributed by atoms with van der Waals surface area (Å²) in [6.07, 6.45) is 2.48. The van der Waals surface area contributed by atoms with Gasteiger partial charge in [0.05, 0.1) is 5.56 Å². The molecule has 2 rings (SSSR count). The Morgan fingerprint density at radius 1 is 1.53 bits per heavy atom. The highest BCUT2D eigenvalue weighted by atomic mass is 16.6. The summed E-state index contributed by atoms with van der Waals surface area (Å²) in [5, 5.41) is 19.2. The van der Waals surface area contributed by atoms with E-state index in [0.717, 1.165) is 0 Å². The molecule has 0 spiro atoms. The quantitative estimate of drug-likeness (QED) is 0.583. The molecule has 0 saturated heterocycles. The molecule has 2 heterocycles. The minimum absolute atomic E-state index is 0.0507. The topological polar surface area (TPSA) is 97.7 Å². The van der Waals surface area contributed by atoms with Gasteiger partial charge in [0.15, 0.2) is 0 Å². The number of hydrogen-bond donors (Lipinski definition) is 1. The lowest BCUT2D eigenvalue weighted by Crippen LogP contribution is -1.98. The lowest BCUT2D eigenvalue weighted by atomic mass is 10.3. The van der Waals surface area contributed by atoms with Crippen molar-refractivity contribution in [3.63, 3.8) is 0 Å². The van der Waals surface area contributed by atoms with E-state index in [2.05, 4.69) is 4.98 Å². The maximum atomic E-state index is 10.6. The molecule has 7 nitrogen and oxygen atoms in total. The molecular formula is C8H5N3O4. The van der Waals surface area contributed by atoms with E-state index in [4.69, 9.17) is 5.11 Å². The van der Waals surface area contributed by atoms with Crippen molar-refractivity contribution in [2.75, 3.05) is 0 Å². The van der Waals surface area contributed by atoms with Gasteiger partial charge in [0, 0.05) is 6.20 Å². The van der Waals surface area contributed by atoms with E-state index in [0.29, 0.717) is 0 Å². The first-order valence-electron chi connectivity index (χ1n) is 3.94. The SMILES string of the molecule is O=C(O)c1ccc2c([N+](=O)[O-])ncn2c1. The third-order valence-electron chi connectivity index (χ3n) is 1.93.